The van der Waals surface area contributed by atoms with E-state index in [1.165, 1.54) is 18.2 Å². The average molecular weight is 256 g/mol. The normalized spacial score (nSPS) is 22.0. The van der Waals surface area contributed by atoms with Gasteiger partial charge in [-0.2, -0.15) is 0 Å². The molecule has 6 nitrogen and oxygen atoms in total. The Morgan fingerprint density at radius 2 is 2.18 bits per heavy atom. The van der Waals surface area contributed by atoms with E-state index in [1.807, 2.05) is 0 Å². The van der Waals surface area contributed by atoms with E-state index >= 15 is 0 Å². The van der Waals surface area contributed by atoms with Crippen molar-refractivity contribution in [1.29, 1.82) is 0 Å². The number of rotatable bonds is 3. The van der Waals surface area contributed by atoms with E-state index in [2.05, 4.69) is 5.32 Å². The Morgan fingerprint density at radius 1 is 1.53 bits per heavy atom. The first-order chi connectivity index (χ1) is 7.97. The molecule has 1 amide bonds. The number of benzene rings is 1. The number of nitrogens with one attached hydrogen (secondary N) is 1. The predicted octanol–water partition coefficient (Wildman–Crippen LogP) is 1.08. The van der Waals surface area contributed by atoms with Crippen molar-refractivity contribution in [1.82, 2.24) is 5.32 Å². The molecule has 2 atom stereocenters. The van der Waals surface area contributed by atoms with Gasteiger partial charge in [-0.15, -0.1) is 0 Å². The maximum Gasteiger partial charge on any atom is 0.271 e. The second-order valence-corrected chi connectivity index (χ2v) is 4.37. The van der Waals surface area contributed by atoms with Gasteiger partial charge in [-0.25, -0.2) is 0 Å². The van der Waals surface area contributed by atoms with Gasteiger partial charge < -0.3 is 11.1 Å². The van der Waals surface area contributed by atoms with Crippen LogP contribution in [-0.2, 0) is 0 Å². The third-order valence-electron chi connectivity index (χ3n) is 2.51. The van der Waals surface area contributed by atoms with E-state index in [9.17, 15) is 14.9 Å². The van der Waals surface area contributed by atoms with Crippen LogP contribution in [0.3, 0.4) is 0 Å². The minimum absolute atomic E-state index is 0.0203. The molecule has 90 valence electrons. The third-order valence-corrected chi connectivity index (χ3v) is 2.73. The molecular formula is C10H10ClN3O3. The summed E-state index contributed by atoms with van der Waals surface area (Å²) in [6.07, 6.45) is 0.731. The lowest BCUT2D eigenvalue weighted by atomic mass is 10.2. The summed E-state index contributed by atoms with van der Waals surface area (Å²) in [5.74, 6) is -0.395. The zero-order valence-electron chi connectivity index (χ0n) is 8.72. The topological polar surface area (TPSA) is 98.3 Å². The molecule has 0 radical (unpaired) electrons. The van der Waals surface area contributed by atoms with Crippen molar-refractivity contribution in [3.05, 3.63) is 38.9 Å². The van der Waals surface area contributed by atoms with Crippen LogP contribution in [0.4, 0.5) is 5.69 Å². The number of carbonyl (C=O) groups is 1. The molecule has 1 aromatic carbocycles. The zero-order valence-corrected chi connectivity index (χ0v) is 9.48. The maximum absolute atomic E-state index is 11.7. The van der Waals surface area contributed by atoms with Crippen LogP contribution < -0.4 is 11.1 Å². The average Bonchev–Trinajstić information content (AvgIpc) is 2.93. The quantitative estimate of drug-likeness (QED) is 0.624. The molecule has 0 bridgehead atoms. The summed E-state index contributed by atoms with van der Waals surface area (Å²) < 4.78 is 0. The van der Waals surface area contributed by atoms with Gasteiger partial charge in [0, 0.05) is 34.8 Å². The first-order valence-electron chi connectivity index (χ1n) is 4.99. The first-order valence-corrected chi connectivity index (χ1v) is 5.36. The van der Waals surface area contributed by atoms with E-state index in [0.29, 0.717) is 0 Å². The third kappa shape index (κ3) is 2.72. The van der Waals surface area contributed by atoms with Crippen LogP contribution >= 0.6 is 11.6 Å². The van der Waals surface area contributed by atoms with Gasteiger partial charge in [0.2, 0.25) is 0 Å². The van der Waals surface area contributed by atoms with Gasteiger partial charge in [0.05, 0.1) is 4.92 Å². The first kappa shape index (κ1) is 11.8. The van der Waals surface area contributed by atoms with Crippen LogP contribution in [0.1, 0.15) is 16.8 Å². The summed E-state index contributed by atoms with van der Waals surface area (Å²) in [5, 5.41) is 13.4. The molecule has 0 saturated heterocycles. The lowest BCUT2D eigenvalue weighted by molar-refractivity contribution is -0.384. The molecular weight excluding hydrogens is 246 g/mol. The molecule has 1 aliphatic rings. The van der Waals surface area contributed by atoms with E-state index in [-0.39, 0.29) is 28.4 Å². The van der Waals surface area contributed by atoms with Gasteiger partial charge in [-0.1, -0.05) is 11.6 Å². The minimum Gasteiger partial charge on any atom is -0.348 e. The number of nitrogens with two attached hydrogens (primary N) is 1. The second-order valence-electron chi connectivity index (χ2n) is 3.93. The van der Waals surface area contributed by atoms with Gasteiger partial charge in [-0.3, -0.25) is 14.9 Å². The van der Waals surface area contributed by atoms with E-state index in [1.54, 1.807) is 0 Å². The zero-order chi connectivity index (χ0) is 12.6. The summed E-state index contributed by atoms with van der Waals surface area (Å²) in [6.45, 7) is 0. The molecule has 7 heteroatoms. The molecule has 0 heterocycles. The Hall–Kier alpha value is -1.66. The molecule has 3 N–H and O–H groups in total. The van der Waals surface area contributed by atoms with Gasteiger partial charge in [0.25, 0.3) is 11.6 Å². The van der Waals surface area contributed by atoms with Crippen molar-refractivity contribution < 1.29 is 9.72 Å². The van der Waals surface area contributed by atoms with Crippen LogP contribution in [0.5, 0.6) is 0 Å². The lowest BCUT2D eigenvalue weighted by Crippen LogP contribution is -2.29. The minimum atomic E-state index is -0.592. The number of hydrogen-bond acceptors (Lipinski definition) is 4. The highest BCUT2D eigenvalue weighted by Crippen LogP contribution is 2.22. The van der Waals surface area contributed by atoms with Crippen molar-refractivity contribution in [3.8, 4) is 0 Å². The van der Waals surface area contributed by atoms with Crippen LogP contribution in [0.2, 0.25) is 5.02 Å². The largest absolute Gasteiger partial charge is 0.348 e. The van der Waals surface area contributed by atoms with Gasteiger partial charge in [0.1, 0.15) is 0 Å². The number of halogens is 1. The van der Waals surface area contributed by atoms with Crippen molar-refractivity contribution in [2.24, 2.45) is 5.73 Å². The highest BCUT2D eigenvalue weighted by molar-refractivity contribution is 6.31. The number of amides is 1. The van der Waals surface area contributed by atoms with Crippen LogP contribution in [0.25, 0.3) is 0 Å². The molecule has 1 aromatic rings. The highest BCUT2D eigenvalue weighted by atomic mass is 35.5. The van der Waals surface area contributed by atoms with Crippen molar-refractivity contribution in [3.63, 3.8) is 0 Å². The number of hydrogen-bond donors (Lipinski definition) is 2. The predicted molar refractivity (Wildman–Crippen MR) is 62.0 cm³/mol. The molecule has 0 aromatic heterocycles. The molecule has 0 aliphatic heterocycles. The molecule has 1 aliphatic carbocycles. The van der Waals surface area contributed by atoms with Crippen LogP contribution in [-0.4, -0.2) is 22.9 Å². The summed E-state index contributed by atoms with van der Waals surface area (Å²) in [6, 6.07) is 3.71. The lowest BCUT2D eigenvalue weighted by Gasteiger charge is -2.04. The summed E-state index contributed by atoms with van der Waals surface area (Å²) in [4.78, 5) is 21.7. The smallest absolute Gasteiger partial charge is 0.271 e. The number of nitrogens with zero attached hydrogens (tertiary/aromatic N) is 1. The molecule has 1 saturated carbocycles. The fraction of sp³-hybridized carbons (Fsp3) is 0.300. The number of carbonyl (C=O) groups excluding carboxylic acids is 1. The second kappa shape index (κ2) is 4.31. The fourth-order valence-electron chi connectivity index (χ4n) is 1.44. The summed E-state index contributed by atoms with van der Waals surface area (Å²) in [7, 11) is 0. The van der Waals surface area contributed by atoms with E-state index < -0.39 is 10.8 Å². The molecule has 2 rings (SSSR count). The Labute approximate surface area is 102 Å². The van der Waals surface area contributed by atoms with Gasteiger partial charge in [0.15, 0.2) is 0 Å². The summed E-state index contributed by atoms with van der Waals surface area (Å²) >= 11 is 5.71. The molecule has 1 fully saturated rings. The maximum atomic E-state index is 11.7. The Morgan fingerprint density at radius 3 is 2.71 bits per heavy atom. The number of nitro benzene ring substituents is 1. The SMILES string of the molecule is NC1CC1NC(=O)c1cc(Cl)cc([N+](=O)[O-])c1. The van der Waals surface area contributed by atoms with E-state index in [0.717, 1.165) is 6.42 Å². The van der Waals surface area contributed by atoms with Crippen molar-refractivity contribution in [2.75, 3.05) is 0 Å². The van der Waals surface area contributed by atoms with E-state index in [4.69, 9.17) is 17.3 Å². The Kier molecular flexibility index (Phi) is 2.99. The van der Waals surface area contributed by atoms with Crippen molar-refractivity contribution >= 4 is 23.2 Å². The monoisotopic (exact) mass is 255 g/mol. The number of non-ortho nitro benzene ring substituents is 1. The Bertz CT molecular complexity index is 492. The Balaban J connectivity index is 2.19. The molecule has 0 spiro atoms. The van der Waals surface area contributed by atoms with Gasteiger partial charge >= 0.3 is 0 Å². The van der Waals surface area contributed by atoms with Crippen LogP contribution in [0.15, 0.2) is 18.2 Å². The van der Waals surface area contributed by atoms with Crippen LogP contribution in [0, 0.1) is 10.1 Å². The fourth-order valence-corrected chi connectivity index (χ4v) is 1.67. The highest BCUT2D eigenvalue weighted by Gasteiger charge is 2.35. The standard InChI is InChI=1S/C10H10ClN3O3/c11-6-1-5(2-7(3-6)14(16)17)10(15)13-9-4-8(9)12/h1-3,8-9H,4,12H2,(H,13,15). The van der Waals surface area contributed by atoms with Gasteiger partial charge in [-0.05, 0) is 12.5 Å². The number of nitro groups is 1. The molecule has 17 heavy (non-hydrogen) atoms. The molecule has 2 unspecified atom stereocenters. The summed E-state index contributed by atoms with van der Waals surface area (Å²) in [5.41, 5.74) is 5.52. The van der Waals surface area contributed by atoms with Crippen molar-refractivity contribution in [2.45, 2.75) is 18.5 Å².